The van der Waals surface area contributed by atoms with Crippen LogP contribution in [0.3, 0.4) is 0 Å². The van der Waals surface area contributed by atoms with Crippen LogP contribution in [0.15, 0.2) is 42.9 Å². The molecular weight excluding hydrogens is 228 g/mol. The van der Waals surface area contributed by atoms with Gasteiger partial charge in [0.25, 0.3) is 0 Å². The molecule has 0 saturated heterocycles. The van der Waals surface area contributed by atoms with Gasteiger partial charge in [-0.05, 0) is 30.2 Å². The molecule has 0 amide bonds. The summed E-state index contributed by atoms with van der Waals surface area (Å²) in [6, 6.07) is 7.51. The minimum absolute atomic E-state index is 0.106. The van der Waals surface area contributed by atoms with E-state index in [1.807, 2.05) is 30.5 Å². The Morgan fingerprint density at radius 3 is 2.83 bits per heavy atom. The van der Waals surface area contributed by atoms with E-state index in [0.717, 1.165) is 17.0 Å². The van der Waals surface area contributed by atoms with Crippen molar-refractivity contribution in [1.29, 1.82) is 0 Å². The zero-order chi connectivity index (χ0) is 12.8. The fraction of sp³-hybridized carbons (Fsp3) is 0.231. The first kappa shape index (κ1) is 12.5. The molecule has 2 aromatic rings. The maximum Gasteiger partial charge on any atom is 0.142 e. The van der Waals surface area contributed by atoms with Crippen LogP contribution in [0.4, 0.5) is 0 Å². The van der Waals surface area contributed by atoms with Crippen LogP contribution in [-0.2, 0) is 6.42 Å². The molecule has 2 aromatic heterocycles. The number of pyridine rings is 2. The third-order valence-corrected chi connectivity index (χ3v) is 2.71. The van der Waals surface area contributed by atoms with Crippen molar-refractivity contribution in [2.24, 2.45) is 5.84 Å². The van der Waals surface area contributed by atoms with Gasteiger partial charge in [-0.3, -0.25) is 21.2 Å². The van der Waals surface area contributed by atoms with Crippen LogP contribution in [-0.4, -0.2) is 17.1 Å². The molecular formula is C13H16N4O. The Bertz CT molecular complexity index is 489. The highest BCUT2D eigenvalue weighted by molar-refractivity contribution is 5.30. The van der Waals surface area contributed by atoms with Crippen molar-refractivity contribution in [3.63, 3.8) is 0 Å². The van der Waals surface area contributed by atoms with E-state index in [1.54, 1.807) is 19.5 Å². The topological polar surface area (TPSA) is 73.1 Å². The average Bonchev–Trinajstić information content (AvgIpc) is 2.46. The standard InChI is InChI=1S/C13H16N4O/c1-18-12-5-3-7-16-13(12)11(17-14)8-10-4-2-6-15-9-10/h2-7,9,11,17H,8,14H2,1H3. The lowest BCUT2D eigenvalue weighted by Crippen LogP contribution is -2.30. The number of nitrogens with zero attached hydrogens (tertiary/aromatic N) is 2. The maximum atomic E-state index is 5.61. The summed E-state index contributed by atoms with van der Waals surface area (Å²) in [6.45, 7) is 0. The van der Waals surface area contributed by atoms with Gasteiger partial charge in [-0.25, -0.2) is 0 Å². The first-order valence-corrected chi connectivity index (χ1v) is 5.69. The van der Waals surface area contributed by atoms with Crippen LogP contribution in [0.2, 0.25) is 0 Å². The molecule has 0 aliphatic rings. The Morgan fingerprint density at radius 1 is 1.33 bits per heavy atom. The summed E-state index contributed by atoms with van der Waals surface area (Å²) >= 11 is 0. The lowest BCUT2D eigenvalue weighted by molar-refractivity contribution is 0.394. The van der Waals surface area contributed by atoms with E-state index in [1.165, 1.54) is 0 Å². The van der Waals surface area contributed by atoms with Gasteiger partial charge in [-0.1, -0.05) is 6.07 Å². The van der Waals surface area contributed by atoms with Gasteiger partial charge < -0.3 is 4.74 Å². The highest BCUT2D eigenvalue weighted by Crippen LogP contribution is 2.24. The number of hydrogen-bond acceptors (Lipinski definition) is 5. The first-order valence-electron chi connectivity index (χ1n) is 5.69. The van der Waals surface area contributed by atoms with Gasteiger partial charge in [-0.2, -0.15) is 0 Å². The molecule has 0 aromatic carbocycles. The number of aromatic nitrogens is 2. The summed E-state index contributed by atoms with van der Waals surface area (Å²) in [5, 5.41) is 0. The quantitative estimate of drug-likeness (QED) is 0.611. The van der Waals surface area contributed by atoms with Crippen LogP contribution >= 0.6 is 0 Å². The summed E-state index contributed by atoms with van der Waals surface area (Å²) in [4.78, 5) is 8.42. The second-order valence-electron chi connectivity index (χ2n) is 3.88. The van der Waals surface area contributed by atoms with E-state index >= 15 is 0 Å². The number of nitrogens with two attached hydrogens (primary N) is 1. The smallest absolute Gasteiger partial charge is 0.142 e. The monoisotopic (exact) mass is 244 g/mol. The number of hydrogen-bond donors (Lipinski definition) is 2. The number of hydrazine groups is 1. The molecule has 0 saturated carbocycles. The van der Waals surface area contributed by atoms with Crippen molar-refractivity contribution in [3.05, 3.63) is 54.1 Å². The molecule has 94 valence electrons. The van der Waals surface area contributed by atoms with Crippen molar-refractivity contribution >= 4 is 0 Å². The molecule has 0 aliphatic heterocycles. The molecule has 0 bridgehead atoms. The van der Waals surface area contributed by atoms with Crippen LogP contribution in [0.25, 0.3) is 0 Å². The Labute approximate surface area is 106 Å². The Morgan fingerprint density at radius 2 is 2.17 bits per heavy atom. The zero-order valence-electron chi connectivity index (χ0n) is 10.2. The minimum atomic E-state index is -0.106. The Kier molecular flexibility index (Phi) is 4.22. The van der Waals surface area contributed by atoms with Crippen LogP contribution in [0, 0.1) is 0 Å². The van der Waals surface area contributed by atoms with Crippen LogP contribution < -0.4 is 16.0 Å². The molecule has 2 heterocycles. The number of rotatable bonds is 5. The molecule has 18 heavy (non-hydrogen) atoms. The predicted molar refractivity (Wildman–Crippen MR) is 68.8 cm³/mol. The summed E-state index contributed by atoms with van der Waals surface area (Å²) in [6.07, 6.45) is 6.00. The lowest BCUT2D eigenvalue weighted by atomic mass is 10.0. The van der Waals surface area contributed by atoms with Crippen LogP contribution in [0.5, 0.6) is 5.75 Å². The molecule has 5 nitrogen and oxygen atoms in total. The third kappa shape index (κ3) is 2.82. The van der Waals surface area contributed by atoms with Crippen molar-refractivity contribution < 1.29 is 4.74 Å². The number of nitrogens with one attached hydrogen (secondary N) is 1. The molecule has 0 aliphatic carbocycles. The molecule has 1 unspecified atom stereocenters. The van der Waals surface area contributed by atoms with E-state index in [0.29, 0.717) is 6.42 Å². The van der Waals surface area contributed by atoms with Crippen molar-refractivity contribution in [2.45, 2.75) is 12.5 Å². The largest absolute Gasteiger partial charge is 0.495 e. The predicted octanol–water partition coefficient (Wildman–Crippen LogP) is 1.23. The number of ether oxygens (including phenoxy) is 1. The minimum Gasteiger partial charge on any atom is -0.495 e. The van der Waals surface area contributed by atoms with Crippen LogP contribution in [0.1, 0.15) is 17.3 Å². The van der Waals surface area contributed by atoms with E-state index in [9.17, 15) is 0 Å². The molecule has 3 N–H and O–H groups in total. The fourth-order valence-corrected chi connectivity index (χ4v) is 1.83. The van der Waals surface area contributed by atoms with E-state index in [2.05, 4.69) is 15.4 Å². The van der Waals surface area contributed by atoms with Gasteiger partial charge in [0.2, 0.25) is 0 Å². The SMILES string of the molecule is COc1cccnc1C(Cc1cccnc1)NN. The fourth-order valence-electron chi connectivity index (χ4n) is 1.83. The molecule has 0 spiro atoms. The molecule has 1 atom stereocenters. The van der Waals surface area contributed by atoms with Gasteiger partial charge in [0.1, 0.15) is 11.4 Å². The third-order valence-electron chi connectivity index (χ3n) is 2.71. The highest BCUT2D eigenvalue weighted by atomic mass is 16.5. The van der Waals surface area contributed by atoms with Crippen molar-refractivity contribution in [2.75, 3.05) is 7.11 Å². The van der Waals surface area contributed by atoms with E-state index in [-0.39, 0.29) is 6.04 Å². The summed E-state index contributed by atoms with van der Waals surface area (Å²) in [7, 11) is 1.62. The average molecular weight is 244 g/mol. The van der Waals surface area contributed by atoms with Gasteiger partial charge >= 0.3 is 0 Å². The summed E-state index contributed by atoms with van der Waals surface area (Å²) in [5.74, 6) is 6.34. The molecule has 2 rings (SSSR count). The van der Waals surface area contributed by atoms with Gasteiger partial charge in [0, 0.05) is 18.6 Å². The van der Waals surface area contributed by atoms with Crippen molar-refractivity contribution in [3.8, 4) is 5.75 Å². The molecule has 0 radical (unpaired) electrons. The van der Waals surface area contributed by atoms with Gasteiger partial charge in [0.15, 0.2) is 0 Å². The Hall–Kier alpha value is -1.98. The normalized spacial score (nSPS) is 12.1. The highest BCUT2D eigenvalue weighted by Gasteiger charge is 2.16. The first-order chi connectivity index (χ1) is 8.85. The van der Waals surface area contributed by atoms with Gasteiger partial charge in [-0.15, -0.1) is 0 Å². The number of methoxy groups -OCH3 is 1. The Balaban J connectivity index is 2.23. The second-order valence-corrected chi connectivity index (χ2v) is 3.88. The summed E-state index contributed by atoms with van der Waals surface area (Å²) in [5.41, 5.74) is 4.66. The molecule has 5 heteroatoms. The lowest BCUT2D eigenvalue weighted by Gasteiger charge is -2.17. The molecule has 0 fully saturated rings. The zero-order valence-corrected chi connectivity index (χ0v) is 10.2. The van der Waals surface area contributed by atoms with E-state index in [4.69, 9.17) is 10.6 Å². The maximum absolute atomic E-state index is 5.61. The van der Waals surface area contributed by atoms with Gasteiger partial charge in [0.05, 0.1) is 13.2 Å². The van der Waals surface area contributed by atoms with Crippen molar-refractivity contribution in [1.82, 2.24) is 15.4 Å². The second kappa shape index (κ2) is 6.09. The summed E-state index contributed by atoms with van der Waals surface area (Å²) < 4.78 is 5.29. The van der Waals surface area contributed by atoms with E-state index < -0.39 is 0 Å².